The lowest BCUT2D eigenvalue weighted by molar-refractivity contribution is -0.145. The Kier molecular flexibility index (Phi) is 3.95. The van der Waals surface area contributed by atoms with E-state index in [1.807, 2.05) is 6.92 Å². The van der Waals surface area contributed by atoms with Gasteiger partial charge in [0.25, 0.3) is 0 Å². The summed E-state index contributed by atoms with van der Waals surface area (Å²) in [6.45, 7) is 1.85. The van der Waals surface area contributed by atoms with Gasteiger partial charge in [0, 0.05) is 10.3 Å². The molecule has 0 amide bonds. The highest BCUT2D eigenvalue weighted by atomic mass is 32.1. The van der Waals surface area contributed by atoms with Crippen LogP contribution >= 0.6 is 11.3 Å². The van der Waals surface area contributed by atoms with Gasteiger partial charge in [0.05, 0.1) is 13.0 Å². The molecule has 1 aromatic rings. The zero-order chi connectivity index (χ0) is 10.6. The Morgan fingerprint density at radius 3 is 2.93 bits per heavy atom. The lowest BCUT2D eigenvalue weighted by atomic mass is 10.1. The van der Waals surface area contributed by atoms with E-state index in [0.717, 1.165) is 17.7 Å². The Bertz CT molecular complexity index is 306. The van der Waals surface area contributed by atoms with Gasteiger partial charge in [0.15, 0.2) is 0 Å². The molecule has 0 aliphatic rings. The largest absolute Gasteiger partial charge is 0.507 e. The van der Waals surface area contributed by atoms with Crippen LogP contribution in [0, 0.1) is 5.92 Å². The molecule has 1 atom stereocenters. The van der Waals surface area contributed by atoms with E-state index in [0.29, 0.717) is 5.75 Å². The van der Waals surface area contributed by atoms with Gasteiger partial charge < -0.3 is 9.84 Å². The quantitative estimate of drug-likeness (QED) is 0.781. The van der Waals surface area contributed by atoms with Crippen molar-refractivity contribution >= 4 is 17.3 Å². The van der Waals surface area contributed by atoms with Crippen LogP contribution in [0.2, 0.25) is 0 Å². The van der Waals surface area contributed by atoms with Gasteiger partial charge >= 0.3 is 5.97 Å². The van der Waals surface area contributed by atoms with Gasteiger partial charge in [-0.25, -0.2) is 0 Å². The Balaban J connectivity index is 2.37. The molecule has 0 aliphatic heterocycles. The molecule has 1 unspecified atom stereocenters. The van der Waals surface area contributed by atoms with Crippen molar-refractivity contribution in [1.82, 2.24) is 0 Å². The van der Waals surface area contributed by atoms with Gasteiger partial charge in [0.1, 0.15) is 5.75 Å². The number of aryl methyl sites for hydroxylation is 1. The Morgan fingerprint density at radius 1 is 1.71 bits per heavy atom. The average molecular weight is 214 g/mol. The molecular weight excluding hydrogens is 200 g/mol. The fourth-order valence-electron chi connectivity index (χ4n) is 1.18. The highest BCUT2D eigenvalue weighted by Gasteiger charge is 2.13. The maximum Gasteiger partial charge on any atom is 0.308 e. The van der Waals surface area contributed by atoms with Crippen molar-refractivity contribution in [1.29, 1.82) is 0 Å². The minimum Gasteiger partial charge on any atom is -0.507 e. The molecule has 0 spiro atoms. The van der Waals surface area contributed by atoms with Gasteiger partial charge in [-0.3, -0.25) is 4.79 Å². The van der Waals surface area contributed by atoms with Crippen LogP contribution < -0.4 is 0 Å². The molecule has 78 valence electrons. The summed E-state index contributed by atoms with van der Waals surface area (Å²) in [5.74, 6) is 0.0470. The summed E-state index contributed by atoms with van der Waals surface area (Å²) in [6, 6.07) is 1.73. The van der Waals surface area contributed by atoms with Gasteiger partial charge in [-0.1, -0.05) is 6.92 Å². The fourth-order valence-corrected chi connectivity index (χ4v) is 1.94. The topological polar surface area (TPSA) is 46.5 Å². The molecule has 3 nitrogen and oxygen atoms in total. The molecule has 1 rings (SSSR count). The molecule has 0 aromatic carbocycles. The maximum absolute atomic E-state index is 11.1. The summed E-state index contributed by atoms with van der Waals surface area (Å²) in [4.78, 5) is 12.2. The van der Waals surface area contributed by atoms with Gasteiger partial charge in [-0.05, 0) is 18.9 Å². The normalized spacial score (nSPS) is 12.4. The number of carbonyl (C=O) groups excluding carboxylic acids is 1. The van der Waals surface area contributed by atoms with Crippen molar-refractivity contribution in [2.24, 2.45) is 5.92 Å². The summed E-state index contributed by atoms with van der Waals surface area (Å²) in [6.07, 6.45) is 1.56. The highest BCUT2D eigenvalue weighted by molar-refractivity contribution is 7.10. The number of hydrogen-bond donors (Lipinski definition) is 1. The summed E-state index contributed by atoms with van der Waals surface area (Å²) in [5.41, 5.74) is 0. The van der Waals surface area contributed by atoms with Gasteiger partial charge in [-0.15, -0.1) is 11.3 Å². The number of rotatable bonds is 4. The monoisotopic (exact) mass is 214 g/mol. The van der Waals surface area contributed by atoms with Gasteiger partial charge in [-0.2, -0.15) is 0 Å². The zero-order valence-corrected chi connectivity index (χ0v) is 9.13. The SMILES string of the molecule is COC(=O)C(C)CCc1cc(O)cs1. The van der Waals surface area contributed by atoms with E-state index in [1.54, 1.807) is 11.4 Å². The predicted octanol–water partition coefficient (Wildman–Crippen LogP) is 2.20. The molecule has 0 fully saturated rings. The summed E-state index contributed by atoms with van der Waals surface area (Å²) >= 11 is 1.51. The van der Waals surface area contributed by atoms with Gasteiger partial charge in [0.2, 0.25) is 0 Å². The van der Waals surface area contributed by atoms with Crippen LogP contribution in [0.3, 0.4) is 0 Å². The molecule has 0 saturated carbocycles. The number of esters is 1. The van der Waals surface area contributed by atoms with Crippen LogP contribution in [0.5, 0.6) is 5.75 Å². The van der Waals surface area contributed by atoms with E-state index in [2.05, 4.69) is 4.74 Å². The lowest BCUT2D eigenvalue weighted by Crippen LogP contribution is -2.13. The number of carbonyl (C=O) groups is 1. The van der Waals surface area contributed by atoms with E-state index in [9.17, 15) is 4.79 Å². The van der Waals surface area contributed by atoms with Crippen molar-refractivity contribution in [2.75, 3.05) is 7.11 Å². The molecular formula is C10H14O3S. The molecule has 0 saturated heterocycles. The smallest absolute Gasteiger partial charge is 0.308 e. The zero-order valence-electron chi connectivity index (χ0n) is 8.32. The highest BCUT2D eigenvalue weighted by Crippen LogP contribution is 2.22. The first-order chi connectivity index (χ1) is 6.63. The van der Waals surface area contributed by atoms with Crippen molar-refractivity contribution < 1.29 is 14.6 Å². The van der Waals surface area contributed by atoms with Crippen molar-refractivity contribution in [3.63, 3.8) is 0 Å². The minimum absolute atomic E-state index is 0.0794. The van der Waals surface area contributed by atoms with E-state index in [1.165, 1.54) is 18.4 Å². The molecule has 1 aromatic heterocycles. The second kappa shape index (κ2) is 5.00. The molecule has 14 heavy (non-hydrogen) atoms. The van der Waals surface area contributed by atoms with Crippen LogP contribution in [0.25, 0.3) is 0 Å². The minimum atomic E-state index is -0.175. The van der Waals surface area contributed by atoms with E-state index < -0.39 is 0 Å². The van der Waals surface area contributed by atoms with Crippen molar-refractivity contribution in [2.45, 2.75) is 19.8 Å². The first-order valence-electron chi connectivity index (χ1n) is 4.47. The fraction of sp³-hybridized carbons (Fsp3) is 0.500. The van der Waals surface area contributed by atoms with Crippen LogP contribution in [0.1, 0.15) is 18.2 Å². The standard InChI is InChI=1S/C10H14O3S/c1-7(10(12)13-2)3-4-9-5-8(11)6-14-9/h5-7,11H,3-4H2,1-2H3. The third-order valence-corrected chi connectivity index (χ3v) is 3.05. The molecule has 4 heteroatoms. The predicted molar refractivity (Wildman–Crippen MR) is 55.5 cm³/mol. The maximum atomic E-state index is 11.1. The van der Waals surface area contributed by atoms with E-state index >= 15 is 0 Å². The number of methoxy groups -OCH3 is 1. The number of ether oxygens (including phenoxy) is 1. The first-order valence-corrected chi connectivity index (χ1v) is 5.35. The Hall–Kier alpha value is -1.03. The first kappa shape index (κ1) is 11.0. The molecule has 1 N–H and O–H groups in total. The second-order valence-electron chi connectivity index (χ2n) is 3.23. The van der Waals surface area contributed by atoms with Crippen LogP contribution in [-0.4, -0.2) is 18.2 Å². The lowest BCUT2D eigenvalue weighted by Gasteiger charge is -2.06. The summed E-state index contributed by atoms with van der Waals surface area (Å²) in [7, 11) is 1.40. The third-order valence-electron chi connectivity index (χ3n) is 2.07. The summed E-state index contributed by atoms with van der Waals surface area (Å²) in [5, 5.41) is 10.8. The molecule has 0 bridgehead atoms. The summed E-state index contributed by atoms with van der Waals surface area (Å²) < 4.78 is 4.62. The molecule has 1 heterocycles. The van der Waals surface area contributed by atoms with Crippen molar-refractivity contribution in [3.05, 3.63) is 16.3 Å². The van der Waals surface area contributed by atoms with Crippen LogP contribution in [0.4, 0.5) is 0 Å². The number of thiophene rings is 1. The second-order valence-corrected chi connectivity index (χ2v) is 4.23. The third kappa shape index (κ3) is 3.03. The molecule has 0 radical (unpaired) electrons. The van der Waals surface area contributed by atoms with Crippen LogP contribution in [0.15, 0.2) is 11.4 Å². The Labute approximate surface area is 87.3 Å². The molecule has 0 aliphatic carbocycles. The number of hydrogen-bond acceptors (Lipinski definition) is 4. The van der Waals surface area contributed by atoms with E-state index in [-0.39, 0.29) is 11.9 Å². The Morgan fingerprint density at radius 2 is 2.43 bits per heavy atom. The van der Waals surface area contributed by atoms with E-state index in [4.69, 9.17) is 5.11 Å². The van der Waals surface area contributed by atoms with Crippen LogP contribution in [-0.2, 0) is 16.0 Å². The average Bonchev–Trinajstić information content (AvgIpc) is 2.59. The van der Waals surface area contributed by atoms with Crippen molar-refractivity contribution in [3.8, 4) is 5.75 Å². The number of aromatic hydroxyl groups is 1.